The molecule has 0 aliphatic carbocycles. The molecule has 1 atom stereocenters. The van der Waals surface area contributed by atoms with Crippen molar-refractivity contribution in [1.29, 1.82) is 0 Å². The molecule has 18 heavy (non-hydrogen) atoms. The molecule has 0 bridgehead atoms. The van der Waals surface area contributed by atoms with Crippen molar-refractivity contribution in [3.05, 3.63) is 35.4 Å². The number of rotatable bonds is 6. The summed E-state index contributed by atoms with van der Waals surface area (Å²) in [7, 11) is 0. The zero-order chi connectivity index (χ0) is 13.5. The van der Waals surface area contributed by atoms with Gasteiger partial charge in [0.1, 0.15) is 11.6 Å². The molecule has 1 aromatic rings. The first-order valence-corrected chi connectivity index (χ1v) is 6.76. The van der Waals surface area contributed by atoms with Crippen LogP contribution in [-0.4, -0.2) is 17.3 Å². The van der Waals surface area contributed by atoms with Gasteiger partial charge in [-0.1, -0.05) is 28.9 Å². The Labute approximate surface area is 114 Å². The Morgan fingerprint density at radius 1 is 1.39 bits per heavy atom. The molecule has 5 heteroatoms. The Morgan fingerprint density at radius 3 is 2.56 bits per heavy atom. The van der Waals surface area contributed by atoms with E-state index in [9.17, 15) is 13.6 Å². The maximum atomic E-state index is 13.3. The van der Waals surface area contributed by atoms with Crippen molar-refractivity contribution in [3.8, 4) is 0 Å². The van der Waals surface area contributed by atoms with Crippen molar-refractivity contribution >= 4 is 21.8 Å². The molecule has 0 spiro atoms. The number of carbonyl (C=O) groups is 1. The maximum Gasteiger partial charge on any atom is 0.224 e. The highest BCUT2D eigenvalue weighted by molar-refractivity contribution is 9.09. The molecular weight excluding hydrogens is 304 g/mol. The predicted molar refractivity (Wildman–Crippen MR) is 70.7 cm³/mol. The number of hydrogen-bond acceptors (Lipinski definition) is 1. The van der Waals surface area contributed by atoms with E-state index < -0.39 is 11.6 Å². The van der Waals surface area contributed by atoms with Crippen LogP contribution < -0.4 is 5.32 Å². The van der Waals surface area contributed by atoms with E-state index in [1.807, 2.05) is 6.92 Å². The van der Waals surface area contributed by atoms with Crippen LogP contribution in [0.3, 0.4) is 0 Å². The molecule has 0 heterocycles. The molecule has 0 aliphatic heterocycles. The number of amides is 1. The maximum absolute atomic E-state index is 13.3. The molecule has 0 radical (unpaired) electrons. The van der Waals surface area contributed by atoms with E-state index >= 15 is 0 Å². The summed E-state index contributed by atoms with van der Waals surface area (Å²) in [6, 6.07) is 3.58. The highest BCUT2D eigenvalue weighted by Gasteiger charge is 2.12. The predicted octanol–water partition coefficient (Wildman–Crippen LogP) is 3.19. The molecule has 1 N–H and O–H groups in total. The summed E-state index contributed by atoms with van der Waals surface area (Å²) >= 11 is 3.40. The van der Waals surface area contributed by atoms with Gasteiger partial charge in [0.2, 0.25) is 5.91 Å². The molecular formula is C13H16BrF2NO. The van der Waals surface area contributed by atoms with E-state index in [1.165, 1.54) is 6.07 Å². The largest absolute Gasteiger partial charge is 0.356 e. The summed E-state index contributed by atoms with van der Waals surface area (Å²) < 4.78 is 26.6. The Morgan fingerprint density at radius 2 is 2.00 bits per heavy atom. The third kappa shape index (κ3) is 5.12. The molecule has 2 nitrogen and oxygen atoms in total. The van der Waals surface area contributed by atoms with Crippen LogP contribution in [0.5, 0.6) is 0 Å². The first kappa shape index (κ1) is 15.1. The Kier molecular flexibility index (Phi) is 6.25. The minimum Gasteiger partial charge on any atom is -0.356 e. The Balaban J connectivity index is 2.40. The second-order valence-electron chi connectivity index (χ2n) is 4.15. The van der Waals surface area contributed by atoms with E-state index in [1.54, 1.807) is 0 Å². The molecule has 0 saturated carbocycles. The monoisotopic (exact) mass is 319 g/mol. The van der Waals surface area contributed by atoms with Crippen LogP contribution >= 0.6 is 15.9 Å². The summed E-state index contributed by atoms with van der Waals surface area (Å²) in [6.07, 6.45) is 1.51. The first-order chi connectivity index (χ1) is 8.50. The van der Waals surface area contributed by atoms with Gasteiger partial charge in [-0.2, -0.15) is 0 Å². The van der Waals surface area contributed by atoms with Crippen LogP contribution in [-0.2, 0) is 11.2 Å². The minimum atomic E-state index is -0.681. The van der Waals surface area contributed by atoms with E-state index in [0.29, 0.717) is 11.4 Å². The van der Waals surface area contributed by atoms with Crippen molar-refractivity contribution in [3.63, 3.8) is 0 Å². The molecule has 1 rings (SSSR count). The van der Waals surface area contributed by atoms with Gasteiger partial charge in [0.15, 0.2) is 0 Å². The topological polar surface area (TPSA) is 29.1 Å². The average molecular weight is 320 g/mol. The summed E-state index contributed by atoms with van der Waals surface area (Å²) in [5.41, 5.74) is -0.177. The van der Waals surface area contributed by atoms with Crippen LogP contribution in [0.15, 0.2) is 18.2 Å². The Hall–Kier alpha value is -0.970. The quantitative estimate of drug-likeness (QED) is 0.633. The Bertz CT molecular complexity index is 390. The fraction of sp³-hybridized carbons (Fsp3) is 0.462. The van der Waals surface area contributed by atoms with E-state index in [4.69, 9.17) is 0 Å². The third-order valence-corrected chi connectivity index (χ3v) is 2.96. The SMILES string of the molecule is CC(Br)CCCNC(=O)Cc1c(F)cccc1F. The molecule has 0 aliphatic rings. The summed E-state index contributed by atoms with van der Waals surface area (Å²) in [4.78, 5) is 11.9. The van der Waals surface area contributed by atoms with E-state index in [-0.39, 0.29) is 17.9 Å². The van der Waals surface area contributed by atoms with Gasteiger partial charge in [-0.3, -0.25) is 4.79 Å². The highest BCUT2D eigenvalue weighted by Crippen LogP contribution is 2.12. The highest BCUT2D eigenvalue weighted by atomic mass is 79.9. The second-order valence-corrected chi connectivity index (χ2v) is 5.71. The summed E-state index contributed by atoms with van der Waals surface area (Å²) in [6.45, 7) is 2.54. The second kappa shape index (κ2) is 7.46. The first-order valence-electron chi connectivity index (χ1n) is 5.84. The summed E-state index contributed by atoms with van der Waals surface area (Å²) in [5, 5.41) is 2.65. The third-order valence-electron chi connectivity index (χ3n) is 2.50. The number of nitrogens with one attached hydrogen (secondary N) is 1. The molecule has 1 unspecified atom stereocenters. The molecule has 1 aromatic carbocycles. The lowest BCUT2D eigenvalue weighted by molar-refractivity contribution is -0.120. The number of carbonyl (C=O) groups excluding carboxylic acids is 1. The van der Waals surface area contributed by atoms with Crippen molar-refractivity contribution in [2.45, 2.75) is 31.0 Å². The van der Waals surface area contributed by atoms with Gasteiger partial charge in [-0.15, -0.1) is 0 Å². The van der Waals surface area contributed by atoms with Crippen LogP contribution in [0.2, 0.25) is 0 Å². The van der Waals surface area contributed by atoms with Crippen molar-refractivity contribution in [1.82, 2.24) is 5.32 Å². The van der Waals surface area contributed by atoms with Crippen molar-refractivity contribution < 1.29 is 13.6 Å². The number of benzene rings is 1. The van der Waals surface area contributed by atoms with Crippen molar-refractivity contribution in [2.75, 3.05) is 6.54 Å². The smallest absolute Gasteiger partial charge is 0.224 e. The van der Waals surface area contributed by atoms with E-state index in [0.717, 1.165) is 25.0 Å². The van der Waals surface area contributed by atoms with Gasteiger partial charge in [0.25, 0.3) is 0 Å². The van der Waals surface area contributed by atoms with Crippen LogP contribution in [0, 0.1) is 11.6 Å². The standard InChI is InChI=1S/C13H16BrF2NO/c1-9(14)4-3-7-17-13(18)8-10-11(15)5-2-6-12(10)16/h2,5-6,9H,3-4,7-8H2,1H3,(H,17,18). The lowest BCUT2D eigenvalue weighted by atomic mass is 10.1. The lowest BCUT2D eigenvalue weighted by Crippen LogP contribution is -2.27. The normalized spacial score (nSPS) is 12.2. The van der Waals surface area contributed by atoms with E-state index in [2.05, 4.69) is 21.2 Å². The van der Waals surface area contributed by atoms with Gasteiger partial charge < -0.3 is 5.32 Å². The molecule has 100 valence electrons. The van der Waals surface area contributed by atoms with Gasteiger partial charge in [0, 0.05) is 16.9 Å². The van der Waals surface area contributed by atoms with Crippen molar-refractivity contribution in [2.24, 2.45) is 0 Å². The average Bonchev–Trinajstić information content (AvgIpc) is 2.29. The number of alkyl halides is 1. The zero-order valence-electron chi connectivity index (χ0n) is 10.2. The van der Waals surface area contributed by atoms with Crippen LogP contribution in [0.4, 0.5) is 8.78 Å². The van der Waals surface area contributed by atoms with Gasteiger partial charge in [-0.25, -0.2) is 8.78 Å². The van der Waals surface area contributed by atoms with Crippen LogP contribution in [0.1, 0.15) is 25.3 Å². The lowest BCUT2D eigenvalue weighted by Gasteiger charge is -2.07. The van der Waals surface area contributed by atoms with Gasteiger partial charge >= 0.3 is 0 Å². The molecule has 0 aromatic heterocycles. The zero-order valence-corrected chi connectivity index (χ0v) is 11.8. The molecule has 1 amide bonds. The van der Waals surface area contributed by atoms with Gasteiger partial charge in [0.05, 0.1) is 6.42 Å². The minimum absolute atomic E-state index is 0.177. The molecule has 0 fully saturated rings. The number of hydrogen-bond donors (Lipinski definition) is 1. The molecule has 0 saturated heterocycles. The van der Waals surface area contributed by atoms with Gasteiger partial charge in [-0.05, 0) is 25.0 Å². The fourth-order valence-corrected chi connectivity index (χ4v) is 1.86. The van der Waals surface area contributed by atoms with Crippen LogP contribution in [0.25, 0.3) is 0 Å². The number of halogens is 3. The summed E-state index contributed by atoms with van der Waals surface area (Å²) in [5.74, 6) is -1.72. The fourth-order valence-electron chi connectivity index (χ4n) is 1.54.